The molecule has 1 rings (SSSR count). The number of hydrogen-bond acceptors (Lipinski definition) is 2. The highest BCUT2D eigenvalue weighted by Gasteiger charge is 2.21. The largest absolute Gasteiger partial charge is 0.350 e. The average molecular weight is 279 g/mol. The normalized spacial score (nSPS) is 13.6. The van der Waals surface area contributed by atoms with Crippen LogP contribution in [0.2, 0.25) is 0 Å². The molecule has 1 amide bonds. The van der Waals surface area contributed by atoms with Crippen LogP contribution in [0.25, 0.3) is 0 Å². The molecule has 1 heterocycles. The van der Waals surface area contributed by atoms with Gasteiger partial charge < -0.3 is 5.32 Å². The second kappa shape index (κ2) is 6.42. The zero-order valence-corrected chi connectivity index (χ0v) is 13.9. The van der Waals surface area contributed by atoms with Gasteiger partial charge in [-0.2, -0.15) is 5.10 Å². The summed E-state index contributed by atoms with van der Waals surface area (Å²) in [7, 11) is 1.82. The molecule has 0 aliphatic carbocycles. The molecule has 0 saturated heterocycles. The Morgan fingerprint density at radius 3 is 2.40 bits per heavy atom. The van der Waals surface area contributed by atoms with Crippen LogP contribution in [0.5, 0.6) is 0 Å². The van der Waals surface area contributed by atoms with E-state index in [1.54, 1.807) is 4.68 Å². The molecule has 4 heteroatoms. The van der Waals surface area contributed by atoms with Crippen LogP contribution in [-0.2, 0) is 12.5 Å². The van der Waals surface area contributed by atoms with Gasteiger partial charge in [-0.1, -0.05) is 41.5 Å². The highest BCUT2D eigenvalue weighted by Crippen LogP contribution is 2.21. The van der Waals surface area contributed by atoms with E-state index >= 15 is 0 Å². The van der Waals surface area contributed by atoms with Crippen molar-refractivity contribution in [3.8, 4) is 0 Å². The van der Waals surface area contributed by atoms with Gasteiger partial charge in [-0.25, -0.2) is 0 Å². The topological polar surface area (TPSA) is 46.9 Å². The van der Waals surface area contributed by atoms with E-state index in [1.165, 1.54) is 0 Å². The molecule has 4 nitrogen and oxygen atoms in total. The third-order valence-corrected chi connectivity index (χ3v) is 3.37. The number of aromatic nitrogens is 2. The first-order valence-corrected chi connectivity index (χ1v) is 7.44. The van der Waals surface area contributed by atoms with Crippen LogP contribution < -0.4 is 5.32 Å². The lowest BCUT2D eigenvalue weighted by molar-refractivity contribution is 0.0937. The van der Waals surface area contributed by atoms with E-state index in [1.807, 2.05) is 13.1 Å². The van der Waals surface area contributed by atoms with Crippen molar-refractivity contribution in [2.45, 2.75) is 53.4 Å². The molecule has 1 aromatic rings. The predicted molar refractivity (Wildman–Crippen MR) is 82.9 cm³/mol. The van der Waals surface area contributed by atoms with Gasteiger partial charge in [-0.3, -0.25) is 9.48 Å². The van der Waals surface area contributed by atoms with Crippen LogP contribution >= 0.6 is 0 Å². The third kappa shape index (κ3) is 4.66. The van der Waals surface area contributed by atoms with Crippen molar-refractivity contribution in [3.05, 3.63) is 17.5 Å². The van der Waals surface area contributed by atoms with Crippen molar-refractivity contribution in [1.82, 2.24) is 15.1 Å². The Labute approximate surface area is 122 Å². The second-order valence-corrected chi connectivity index (χ2v) is 7.23. The lowest BCUT2D eigenvalue weighted by atomic mass is 9.92. The molecule has 0 bridgehead atoms. The van der Waals surface area contributed by atoms with E-state index in [2.05, 4.69) is 52.0 Å². The fourth-order valence-corrected chi connectivity index (χ4v) is 2.29. The van der Waals surface area contributed by atoms with Gasteiger partial charge in [0, 0.05) is 19.0 Å². The van der Waals surface area contributed by atoms with Gasteiger partial charge in [-0.05, 0) is 24.3 Å². The van der Waals surface area contributed by atoms with Gasteiger partial charge in [0.2, 0.25) is 0 Å². The number of aryl methyl sites for hydroxylation is 1. The van der Waals surface area contributed by atoms with Crippen LogP contribution in [-0.4, -0.2) is 22.2 Å². The highest BCUT2D eigenvalue weighted by atomic mass is 16.2. The zero-order chi connectivity index (χ0) is 15.5. The summed E-state index contributed by atoms with van der Waals surface area (Å²) in [6.45, 7) is 13.6. The molecule has 0 saturated carbocycles. The predicted octanol–water partition coefficient (Wildman–Crippen LogP) is 3.13. The maximum Gasteiger partial charge on any atom is 0.269 e. The lowest BCUT2D eigenvalue weighted by Crippen LogP contribution is -2.30. The van der Waals surface area contributed by atoms with E-state index in [9.17, 15) is 4.79 Å². The van der Waals surface area contributed by atoms with Gasteiger partial charge in [0.1, 0.15) is 5.69 Å². The molecule has 114 valence electrons. The summed E-state index contributed by atoms with van der Waals surface area (Å²) in [5, 5.41) is 7.44. The Kier molecular flexibility index (Phi) is 5.37. The van der Waals surface area contributed by atoms with Gasteiger partial charge in [0.05, 0.1) is 5.69 Å². The maximum absolute atomic E-state index is 12.2. The Hall–Kier alpha value is -1.32. The van der Waals surface area contributed by atoms with E-state index in [0.717, 1.165) is 12.1 Å². The summed E-state index contributed by atoms with van der Waals surface area (Å²) >= 11 is 0. The molecule has 20 heavy (non-hydrogen) atoms. The minimum atomic E-state index is -0.0405. The molecule has 0 spiro atoms. The summed E-state index contributed by atoms with van der Waals surface area (Å²) in [4.78, 5) is 12.2. The number of carbonyl (C=O) groups is 1. The first-order valence-electron chi connectivity index (χ1n) is 7.44. The molecule has 1 unspecified atom stereocenters. The second-order valence-electron chi connectivity index (χ2n) is 7.23. The molecule has 0 aliphatic rings. The van der Waals surface area contributed by atoms with Crippen LogP contribution in [0.3, 0.4) is 0 Å². The van der Waals surface area contributed by atoms with Crippen molar-refractivity contribution >= 4 is 5.91 Å². The van der Waals surface area contributed by atoms with Crippen molar-refractivity contribution in [3.63, 3.8) is 0 Å². The van der Waals surface area contributed by atoms with Crippen molar-refractivity contribution in [2.24, 2.45) is 18.9 Å². The highest BCUT2D eigenvalue weighted by molar-refractivity contribution is 5.92. The Bertz CT molecular complexity index is 455. The molecule has 0 aliphatic heterocycles. The van der Waals surface area contributed by atoms with Gasteiger partial charge in [0.25, 0.3) is 5.91 Å². The Balaban J connectivity index is 2.67. The fraction of sp³-hybridized carbons (Fsp3) is 0.750. The van der Waals surface area contributed by atoms with Crippen LogP contribution in [0.15, 0.2) is 6.07 Å². The quantitative estimate of drug-likeness (QED) is 0.900. The van der Waals surface area contributed by atoms with Gasteiger partial charge in [0.15, 0.2) is 0 Å². The molecule has 1 N–H and O–H groups in total. The monoisotopic (exact) mass is 279 g/mol. The number of hydrogen-bond donors (Lipinski definition) is 1. The minimum absolute atomic E-state index is 0.0360. The third-order valence-electron chi connectivity index (χ3n) is 3.37. The number of rotatable bonds is 5. The molecule has 0 fully saturated rings. The molecular weight excluding hydrogens is 250 g/mol. The molecule has 0 aromatic carbocycles. The summed E-state index contributed by atoms with van der Waals surface area (Å²) in [5.74, 6) is 1.12. The van der Waals surface area contributed by atoms with E-state index in [4.69, 9.17) is 0 Å². The summed E-state index contributed by atoms with van der Waals surface area (Å²) < 4.78 is 1.67. The summed E-state index contributed by atoms with van der Waals surface area (Å²) in [5.41, 5.74) is 1.54. The standard InChI is InChI=1S/C16H29N3O/c1-11(2)8-12(3)10-17-15(20)13-9-14(16(4,5)6)18-19(13)7/h9,11-12H,8,10H2,1-7H3,(H,17,20). The SMILES string of the molecule is CC(C)CC(C)CNC(=O)c1cc(C(C)(C)C)nn1C. The van der Waals surface area contributed by atoms with Gasteiger partial charge >= 0.3 is 0 Å². The average Bonchev–Trinajstić information content (AvgIpc) is 2.67. The number of nitrogens with zero attached hydrogens (tertiary/aromatic N) is 2. The lowest BCUT2D eigenvalue weighted by Gasteiger charge is -2.14. The maximum atomic E-state index is 12.2. The van der Waals surface area contributed by atoms with Crippen LogP contribution in [0, 0.1) is 11.8 Å². The van der Waals surface area contributed by atoms with E-state index < -0.39 is 0 Å². The Morgan fingerprint density at radius 2 is 1.95 bits per heavy atom. The van der Waals surface area contributed by atoms with Crippen LogP contribution in [0.1, 0.15) is 64.1 Å². The molecule has 1 atom stereocenters. The summed E-state index contributed by atoms with van der Waals surface area (Å²) in [6, 6.07) is 1.89. The van der Waals surface area contributed by atoms with Crippen LogP contribution in [0.4, 0.5) is 0 Å². The van der Waals surface area contributed by atoms with Crippen molar-refractivity contribution in [1.29, 1.82) is 0 Å². The smallest absolute Gasteiger partial charge is 0.269 e. The van der Waals surface area contributed by atoms with E-state index in [0.29, 0.717) is 24.1 Å². The molecular formula is C16H29N3O. The van der Waals surface area contributed by atoms with Gasteiger partial charge in [-0.15, -0.1) is 0 Å². The Morgan fingerprint density at radius 1 is 1.35 bits per heavy atom. The number of amides is 1. The molecule has 1 aromatic heterocycles. The number of nitrogens with one attached hydrogen (secondary N) is 1. The first-order chi connectivity index (χ1) is 9.11. The fourth-order valence-electron chi connectivity index (χ4n) is 2.29. The van der Waals surface area contributed by atoms with Crippen molar-refractivity contribution in [2.75, 3.05) is 6.54 Å². The van der Waals surface area contributed by atoms with E-state index in [-0.39, 0.29) is 11.3 Å². The first kappa shape index (κ1) is 16.7. The zero-order valence-electron chi connectivity index (χ0n) is 13.9. The van der Waals surface area contributed by atoms with Crippen molar-refractivity contribution < 1.29 is 4.79 Å². The summed E-state index contributed by atoms with van der Waals surface area (Å²) in [6.07, 6.45) is 1.12. The molecule has 0 radical (unpaired) electrons. The number of carbonyl (C=O) groups excluding carboxylic acids is 1. The minimum Gasteiger partial charge on any atom is -0.350 e.